The number of carbonyl (C=O) groups excluding carboxylic acids is 1. The third-order valence-corrected chi connectivity index (χ3v) is 3.21. The van der Waals surface area contributed by atoms with Gasteiger partial charge in [-0.15, -0.1) is 0 Å². The summed E-state index contributed by atoms with van der Waals surface area (Å²) in [5.74, 6) is -2.84. The van der Waals surface area contributed by atoms with E-state index in [0.29, 0.717) is 0 Å². The lowest BCUT2D eigenvalue weighted by Crippen LogP contribution is -2.56. The number of rotatable bonds is 1. The van der Waals surface area contributed by atoms with Gasteiger partial charge < -0.3 is 15.7 Å². The Morgan fingerprint density at radius 3 is 2.26 bits per heavy atom. The van der Waals surface area contributed by atoms with Crippen LogP contribution in [-0.4, -0.2) is 29.0 Å². The zero-order valence-electron chi connectivity index (χ0n) is 10.8. The molecule has 4 nitrogen and oxygen atoms in total. The van der Waals surface area contributed by atoms with Gasteiger partial charge in [0.15, 0.2) is 0 Å². The van der Waals surface area contributed by atoms with Crippen molar-refractivity contribution >= 4 is 28.8 Å². The molecule has 0 saturated carbocycles. The van der Waals surface area contributed by atoms with E-state index in [1.165, 1.54) is 5.32 Å². The highest BCUT2D eigenvalue weighted by Gasteiger charge is 2.62. The molecule has 2 rings (SSSR count). The maximum atomic E-state index is 13.2. The highest BCUT2D eigenvalue weighted by atomic mass is 35.5. The third kappa shape index (κ3) is 3.08. The first-order valence-corrected chi connectivity index (χ1v) is 6.19. The Morgan fingerprint density at radius 1 is 1.13 bits per heavy atom. The quantitative estimate of drug-likeness (QED) is 0.671. The molecule has 1 aliphatic heterocycles. The van der Waals surface area contributed by atoms with Crippen molar-refractivity contribution in [2.24, 2.45) is 0 Å². The molecule has 0 fully saturated rings. The van der Waals surface area contributed by atoms with Gasteiger partial charge in [-0.3, -0.25) is 4.79 Å². The molecular weight excluding hydrogens is 354 g/mol. The van der Waals surface area contributed by atoms with Crippen molar-refractivity contribution in [3.05, 3.63) is 35.0 Å². The first kappa shape index (κ1) is 17.4. The van der Waals surface area contributed by atoms with Crippen LogP contribution in [0.15, 0.2) is 30.0 Å². The van der Waals surface area contributed by atoms with Crippen molar-refractivity contribution in [1.29, 1.82) is 0 Å². The van der Waals surface area contributed by atoms with Crippen LogP contribution in [0.25, 0.3) is 0 Å². The average molecular weight is 361 g/mol. The molecule has 0 aromatic heterocycles. The van der Waals surface area contributed by atoms with Gasteiger partial charge in [-0.2, -0.15) is 26.3 Å². The molecule has 0 radical (unpaired) electrons. The second-order valence-corrected chi connectivity index (χ2v) is 4.99. The molecule has 1 atom stereocenters. The fourth-order valence-electron chi connectivity index (χ4n) is 1.87. The van der Waals surface area contributed by atoms with Crippen molar-refractivity contribution < 1.29 is 36.2 Å². The van der Waals surface area contributed by atoms with Crippen molar-refractivity contribution in [1.82, 2.24) is 0 Å². The number of anilines is 2. The molecular formula is C12H7ClF6N2O2. The number of Topliss-reactive ketones (excluding diaryl/α,β-unsaturated/α-hetero) is 1. The van der Waals surface area contributed by atoms with Crippen LogP contribution in [0.4, 0.5) is 37.7 Å². The molecule has 0 saturated heterocycles. The number of halogens is 7. The molecule has 23 heavy (non-hydrogen) atoms. The van der Waals surface area contributed by atoms with E-state index in [2.05, 4.69) is 5.32 Å². The smallest absolute Gasteiger partial charge is 0.360 e. The van der Waals surface area contributed by atoms with E-state index in [4.69, 9.17) is 11.6 Å². The van der Waals surface area contributed by atoms with E-state index in [0.717, 1.165) is 18.2 Å². The van der Waals surface area contributed by atoms with Gasteiger partial charge in [-0.25, -0.2) is 0 Å². The molecule has 11 heteroatoms. The maximum absolute atomic E-state index is 13.2. The summed E-state index contributed by atoms with van der Waals surface area (Å²) in [7, 11) is 0. The van der Waals surface area contributed by atoms with Crippen LogP contribution in [0.5, 0.6) is 0 Å². The molecule has 1 unspecified atom stereocenters. The second-order valence-electron chi connectivity index (χ2n) is 4.55. The van der Waals surface area contributed by atoms with Gasteiger partial charge in [-0.1, -0.05) is 11.6 Å². The van der Waals surface area contributed by atoms with Gasteiger partial charge in [-0.05, 0) is 18.2 Å². The lowest BCUT2D eigenvalue weighted by molar-refractivity contribution is -0.235. The number of ketones is 1. The minimum absolute atomic E-state index is 0.0765. The van der Waals surface area contributed by atoms with Crippen molar-refractivity contribution in [2.45, 2.75) is 18.1 Å². The molecule has 1 heterocycles. The normalized spacial score (nSPS) is 21.5. The summed E-state index contributed by atoms with van der Waals surface area (Å²) in [6.07, 6.45) is -11.1. The van der Waals surface area contributed by atoms with Gasteiger partial charge in [0.05, 0.1) is 16.9 Å². The van der Waals surface area contributed by atoms with Gasteiger partial charge >= 0.3 is 12.4 Å². The Balaban J connectivity index is 2.63. The van der Waals surface area contributed by atoms with Gasteiger partial charge in [0.25, 0.3) is 11.5 Å². The molecule has 0 amide bonds. The van der Waals surface area contributed by atoms with Gasteiger partial charge in [0.2, 0.25) is 0 Å². The van der Waals surface area contributed by atoms with Crippen molar-refractivity contribution in [3.8, 4) is 0 Å². The molecule has 0 aliphatic carbocycles. The number of hydrogen-bond donors (Lipinski definition) is 3. The summed E-state index contributed by atoms with van der Waals surface area (Å²) in [6, 6.07) is 3.27. The van der Waals surface area contributed by atoms with Crippen molar-refractivity contribution in [2.75, 3.05) is 10.6 Å². The van der Waals surface area contributed by atoms with E-state index >= 15 is 0 Å². The summed E-state index contributed by atoms with van der Waals surface area (Å²) in [4.78, 5) is 11.3. The molecule has 126 valence electrons. The Labute approximate surface area is 129 Å². The van der Waals surface area contributed by atoms with Crippen LogP contribution in [-0.2, 0) is 4.79 Å². The fourth-order valence-corrected chi connectivity index (χ4v) is 2.04. The molecule has 1 aromatic carbocycles. The van der Waals surface area contributed by atoms with Crippen LogP contribution >= 0.6 is 11.6 Å². The van der Waals surface area contributed by atoms with Crippen LogP contribution in [0, 0.1) is 0 Å². The second kappa shape index (κ2) is 5.31. The first-order valence-electron chi connectivity index (χ1n) is 5.82. The zero-order chi connectivity index (χ0) is 17.6. The van der Waals surface area contributed by atoms with E-state index in [1.807, 2.05) is 0 Å². The third-order valence-electron chi connectivity index (χ3n) is 2.97. The Hall–Kier alpha value is -1.94. The molecule has 0 spiro atoms. The number of hydrogen-bond acceptors (Lipinski definition) is 4. The standard InChI is InChI=1S/C12H7ClF6N2O2/c13-5-1-2-7-8(3-5)20-4-6(9(22)11(14,15)16)10(23,21-7)12(17,18)19/h1-4,20-21,23H. The predicted molar refractivity (Wildman–Crippen MR) is 68.8 cm³/mol. The summed E-state index contributed by atoms with van der Waals surface area (Å²) >= 11 is 5.64. The first-order chi connectivity index (χ1) is 10.4. The monoisotopic (exact) mass is 360 g/mol. The molecule has 0 bridgehead atoms. The van der Waals surface area contributed by atoms with Gasteiger partial charge in [0.1, 0.15) is 0 Å². The number of alkyl halides is 6. The van der Waals surface area contributed by atoms with E-state index in [9.17, 15) is 36.2 Å². The average Bonchev–Trinajstić information content (AvgIpc) is 2.53. The lowest BCUT2D eigenvalue weighted by Gasteiger charge is -2.32. The van der Waals surface area contributed by atoms with E-state index in [1.54, 1.807) is 0 Å². The lowest BCUT2D eigenvalue weighted by atomic mass is 9.98. The number of aliphatic hydroxyl groups is 1. The zero-order valence-corrected chi connectivity index (χ0v) is 11.6. The van der Waals surface area contributed by atoms with Crippen LogP contribution in [0.1, 0.15) is 0 Å². The van der Waals surface area contributed by atoms with Crippen LogP contribution < -0.4 is 10.6 Å². The molecule has 3 N–H and O–H groups in total. The summed E-state index contributed by atoms with van der Waals surface area (Å²) < 4.78 is 77.1. The maximum Gasteiger partial charge on any atom is 0.454 e. The van der Waals surface area contributed by atoms with Crippen LogP contribution in [0.2, 0.25) is 5.02 Å². The SMILES string of the molecule is O=C(C1=CNc2cc(Cl)ccc2NC1(O)C(F)(F)F)C(F)(F)F. The van der Waals surface area contributed by atoms with E-state index < -0.39 is 35.1 Å². The van der Waals surface area contributed by atoms with Crippen molar-refractivity contribution in [3.63, 3.8) is 0 Å². The summed E-state index contributed by atoms with van der Waals surface area (Å²) in [5.41, 5.74) is -6.71. The minimum atomic E-state index is -5.61. The molecule has 1 aromatic rings. The number of carbonyl (C=O) groups is 1. The van der Waals surface area contributed by atoms with Gasteiger partial charge in [0, 0.05) is 11.2 Å². The molecule has 1 aliphatic rings. The van der Waals surface area contributed by atoms with Crippen LogP contribution in [0.3, 0.4) is 0 Å². The predicted octanol–water partition coefficient (Wildman–Crippen LogP) is 3.44. The Morgan fingerprint density at radius 2 is 1.74 bits per heavy atom. The topological polar surface area (TPSA) is 61.4 Å². The summed E-state index contributed by atoms with van der Waals surface area (Å²) in [6.45, 7) is 0. The fraction of sp³-hybridized carbons (Fsp3) is 0.250. The highest BCUT2D eigenvalue weighted by molar-refractivity contribution is 6.31. The highest BCUT2D eigenvalue weighted by Crippen LogP contribution is 2.43. The number of fused-ring (bicyclic) bond motifs is 1. The largest absolute Gasteiger partial charge is 0.454 e. The number of benzene rings is 1. The summed E-state index contributed by atoms with van der Waals surface area (Å²) in [5, 5.41) is 13.5. The Bertz CT molecular complexity index is 685. The Kier molecular flexibility index (Phi) is 4.02. The minimum Gasteiger partial charge on any atom is -0.360 e. The van der Waals surface area contributed by atoms with E-state index in [-0.39, 0.29) is 16.9 Å². The number of nitrogens with one attached hydrogen (secondary N) is 2.